The van der Waals surface area contributed by atoms with Crippen molar-refractivity contribution in [1.82, 2.24) is 15.3 Å². The van der Waals surface area contributed by atoms with Gasteiger partial charge in [0.25, 0.3) is 0 Å². The topological polar surface area (TPSA) is 113 Å². The summed E-state index contributed by atoms with van der Waals surface area (Å²) in [6.45, 7) is 8.19. The number of likely N-dealkylation sites (N-methyl/N-ethyl adjacent to an activating group) is 1. The second-order valence-electron chi connectivity index (χ2n) is 6.89. The van der Waals surface area contributed by atoms with E-state index in [-0.39, 0.29) is 35.5 Å². The van der Waals surface area contributed by atoms with E-state index in [0.29, 0.717) is 12.5 Å². The molecule has 1 heterocycles. The number of rotatable bonds is 7. The predicted molar refractivity (Wildman–Crippen MR) is 91.1 cm³/mol. The molecule has 1 aromatic heterocycles. The predicted octanol–water partition coefficient (Wildman–Crippen LogP) is 1.70. The highest BCUT2D eigenvalue weighted by Gasteiger charge is 2.27. The molecule has 1 aliphatic rings. The number of aromatic nitrogens is 2. The van der Waals surface area contributed by atoms with E-state index in [4.69, 9.17) is 0 Å². The van der Waals surface area contributed by atoms with Gasteiger partial charge in [-0.15, -0.1) is 0 Å². The molecule has 1 amide bonds. The highest BCUT2D eigenvalue weighted by atomic mass is 16.6. The summed E-state index contributed by atoms with van der Waals surface area (Å²) in [6.07, 6.45) is 3.14. The van der Waals surface area contributed by atoms with Gasteiger partial charge in [0.2, 0.25) is 17.7 Å². The molecule has 0 spiro atoms. The Hall–Kier alpha value is -2.45. The van der Waals surface area contributed by atoms with Gasteiger partial charge in [-0.05, 0) is 40.5 Å². The van der Waals surface area contributed by atoms with Crippen molar-refractivity contribution in [1.29, 1.82) is 0 Å². The van der Waals surface area contributed by atoms with Gasteiger partial charge in [-0.1, -0.05) is 0 Å². The Kier molecular flexibility index (Phi) is 5.20. The van der Waals surface area contributed by atoms with Gasteiger partial charge >= 0.3 is 5.69 Å². The van der Waals surface area contributed by atoms with Crippen molar-refractivity contribution in [3.63, 3.8) is 0 Å². The lowest BCUT2D eigenvalue weighted by Gasteiger charge is -2.25. The molecule has 2 N–H and O–H groups in total. The summed E-state index contributed by atoms with van der Waals surface area (Å²) in [7, 11) is 0. The van der Waals surface area contributed by atoms with Crippen LogP contribution >= 0.6 is 0 Å². The number of nitrogens with one attached hydrogen (secondary N) is 2. The number of amides is 1. The molecule has 0 saturated heterocycles. The van der Waals surface area contributed by atoms with Crippen LogP contribution in [0.5, 0.6) is 0 Å². The maximum atomic E-state index is 12.1. The molecule has 0 unspecified atom stereocenters. The maximum Gasteiger partial charge on any atom is 0.329 e. The molecular formula is C15H24N6O3. The van der Waals surface area contributed by atoms with Crippen LogP contribution in [0.2, 0.25) is 0 Å². The van der Waals surface area contributed by atoms with Gasteiger partial charge in [0.1, 0.15) is 6.20 Å². The first-order chi connectivity index (χ1) is 11.2. The minimum Gasteiger partial charge on any atom is -0.361 e. The van der Waals surface area contributed by atoms with Crippen LogP contribution in [0.25, 0.3) is 0 Å². The average Bonchev–Trinajstić information content (AvgIpc) is 3.26. The maximum absolute atomic E-state index is 12.1. The fraction of sp³-hybridized carbons (Fsp3) is 0.667. The molecule has 1 aliphatic carbocycles. The molecule has 9 heteroatoms. The second-order valence-corrected chi connectivity index (χ2v) is 6.89. The van der Waals surface area contributed by atoms with Crippen molar-refractivity contribution in [2.45, 2.75) is 52.1 Å². The van der Waals surface area contributed by atoms with Crippen LogP contribution in [0, 0.1) is 10.1 Å². The zero-order chi connectivity index (χ0) is 17.9. The standard InChI is InChI=1S/C15H24N6O3/c1-5-20(9-12(22)19-15(2,3)4)14-16-8-11(21(23)24)13(18-14)17-10-6-7-10/h8,10H,5-7,9H2,1-4H3,(H,19,22)(H,16,17,18). The smallest absolute Gasteiger partial charge is 0.329 e. The molecule has 0 radical (unpaired) electrons. The summed E-state index contributed by atoms with van der Waals surface area (Å²) >= 11 is 0. The first kappa shape index (κ1) is 17.9. The largest absolute Gasteiger partial charge is 0.361 e. The minimum atomic E-state index is -0.503. The molecular weight excluding hydrogens is 312 g/mol. The number of carbonyl (C=O) groups is 1. The lowest BCUT2D eigenvalue weighted by molar-refractivity contribution is -0.384. The lowest BCUT2D eigenvalue weighted by Crippen LogP contribution is -2.46. The average molecular weight is 336 g/mol. The summed E-state index contributed by atoms with van der Waals surface area (Å²) in [5, 5.41) is 17.1. The number of nitro groups is 1. The van der Waals surface area contributed by atoms with Crippen molar-refractivity contribution >= 4 is 23.4 Å². The SMILES string of the molecule is CCN(CC(=O)NC(C)(C)C)c1ncc([N+](=O)[O-])c(NC2CC2)n1. The van der Waals surface area contributed by atoms with Crippen LogP contribution in [0.3, 0.4) is 0 Å². The van der Waals surface area contributed by atoms with Gasteiger partial charge in [-0.25, -0.2) is 4.98 Å². The Labute approximate surface area is 141 Å². The van der Waals surface area contributed by atoms with E-state index in [2.05, 4.69) is 20.6 Å². The molecule has 0 atom stereocenters. The van der Waals surface area contributed by atoms with E-state index >= 15 is 0 Å². The van der Waals surface area contributed by atoms with Gasteiger partial charge in [-0.3, -0.25) is 14.9 Å². The van der Waals surface area contributed by atoms with Crippen LogP contribution < -0.4 is 15.5 Å². The molecule has 1 fully saturated rings. The Morgan fingerprint density at radius 2 is 2.12 bits per heavy atom. The molecule has 0 aromatic carbocycles. The van der Waals surface area contributed by atoms with Crippen molar-refractivity contribution in [2.75, 3.05) is 23.3 Å². The van der Waals surface area contributed by atoms with E-state index in [1.165, 1.54) is 6.20 Å². The van der Waals surface area contributed by atoms with Crippen LogP contribution in [-0.4, -0.2) is 45.5 Å². The van der Waals surface area contributed by atoms with Crippen molar-refractivity contribution in [2.24, 2.45) is 0 Å². The minimum absolute atomic E-state index is 0.0917. The molecule has 132 valence electrons. The third-order valence-corrected chi connectivity index (χ3v) is 3.39. The molecule has 1 saturated carbocycles. The summed E-state index contributed by atoms with van der Waals surface area (Å²) in [4.78, 5) is 32.8. The third kappa shape index (κ3) is 5.04. The second kappa shape index (κ2) is 6.98. The van der Waals surface area contributed by atoms with E-state index in [1.807, 2.05) is 27.7 Å². The molecule has 24 heavy (non-hydrogen) atoms. The summed E-state index contributed by atoms with van der Waals surface area (Å²) < 4.78 is 0. The normalized spacial score (nSPS) is 14.2. The quantitative estimate of drug-likeness (QED) is 0.575. The molecule has 0 aliphatic heterocycles. The zero-order valence-electron chi connectivity index (χ0n) is 14.5. The van der Waals surface area contributed by atoms with Crippen molar-refractivity contribution in [3.8, 4) is 0 Å². The number of hydrogen-bond donors (Lipinski definition) is 2. The first-order valence-electron chi connectivity index (χ1n) is 8.03. The fourth-order valence-electron chi connectivity index (χ4n) is 2.13. The fourth-order valence-corrected chi connectivity index (χ4v) is 2.13. The number of nitrogens with zero attached hydrogens (tertiary/aromatic N) is 4. The molecule has 1 aromatic rings. The Bertz CT molecular complexity index is 624. The molecule has 9 nitrogen and oxygen atoms in total. The first-order valence-corrected chi connectivity index (χ1v) is 8.03. The van der Waals surface area contributed by atoms with Gasteiger partial charge < -0.3 is 15.5 Å². The molecule has 0 bridgehead atoms. The van der Waals surface area contributed by atoms with E-state index in [1.54, 1.807) is 4.90 Å². The van der Waals surface area contributed by atoms with Gasteiger partial charge in [-0.2, -0.15) is 4.98 Å². The van der Waals surface area contributed by atoms with Crippen LogP contribution in [-0.2, 0) is 4.79 Å². The van der Waals surface area contributed by atoms with E-state index in [0.717, 1.165) is 12.8 Å². The Morgan fingerprint density at radius 3 is 2.62 bits per heavy atom. The highest BCUT2D eigenvalue weighted by Crippen LogP contribution is 2.30. The number of carbonyl (C=O) groups excluding carboxylic acids is 1. The highest BCUT2D eigenvalue weighted by molar-refractivity contribution is 5.81. The van der Waals surface area contributed by atoms with Crippen molar-refractivity contribution < 1.29 is 9.72 Å². The van der Waals surface area contributed by atoms with Crippen LogP contribution in [0.1, 0.15) is 40.5 Å². The van der Waals surface area contributed by atoms with E-state index in [9.17, 15) is 14.9 Å². The van der Waals surface area contributed by atoms with Gasteiger partial charge in [0.15, 0.2) is 0 Å². The van der Waals surface area contributed by atoms with E-state index < -0.39 is 4.92 Å². The Morgan fingerprint density at radius 1 is 1.46 bits per heavy atom. The van der Waals surface area contributed by atoms with Crippen LogP contribution in [0.15, 0.2) is 6.20 Å². The van der Waals surface area contributed by atoms with Gasteiger partial charge in [0, 0.05) is 18.1 Å². The van der Waals surface area contributed by atoms with Gasteiger partial charge in [0.05, 0.1) is 11.5 Å². The summed E-state index contributed by atoms with van der Waals surface area (Å²) in [6, 6.07) is 0.228. The summed E-state index contributed by atoms with van der Waals surface area (Å²) in [5.74, 6) is 0.362. The van der Waals surface area contributed by atoms with Crippen LogP contribution in [0.4, 0.5) is 17.5 Å². The lowest BCUT2D eigenvalue weighted by atomic mass is 10.1. The molecule has 2 rings (SSSR count). The monoisotopic (exact) mass is 336 g/mol. The summed E-state index contributed by atoms with van der Waals surface area (Å²) in [5.41, 5.74) is -0.480. The zero-order valence-corrected chi connectivity index (χ0v) is 14.5. The third-order valence-electron chi connectivity index (χ3n) is 3.39. The number of anilines is 2. The Balaban J connectivity index is 2.18. The number of hydrogen-bond acceptors (Lipinski definition) is 7. The van der Waals surface area contributed by atoms with Crippen molar-refractivity contribution in [3.05, 3.63) is 16.3 Å².